The highest BCUT2D eigenvalue weighted by atomic mass is 32.2. The van der Waals surface area contributed by atoms with Gasteiger partial charge in [-0.15, -0.1) is 0 Å². The maximum atomic E-state index is 12.4. The monoisotopic (exact) mass is 385 g/mol. The van der Waals surface area contributed by atoms with Crippen molar-refractivity contribution in [3.05, 3.63) is 48.3 Å². The van der Waals surface area contributed by atoms with Crippen LogP contribution in [0, 0.1) is 0 Å². The van der Waals surface area contributed by atoms with Gasteiger partial charge < -0.3 is 10.1 Å². The number of hydrogen-bond donors (Lipinski definition) is 3. The van der Waals surface area contributed by atoms with E-state index in [0.29, 0.717) is 5.92 Å². The molecular weight excluding hydrogens is 362 g/mol. The smallest absolute Gasteiger partial charge is 0.240 e. The molecule has 0 atom stereocenters. The first-order chi connectivity index (χ1) is 12.7. The van der Waals surface area contributed by atoms with E-state index in [1.54, 1.807) is 44.3 Å². The number of nitrogens with zero attached hydrogens (tertiary/aromatic N) is 1. The number of aromatic amines is 1. The zero-order valence-corrected chi connectivity index (χ0v) is 16.2. The second-order valence-electron chi connectivity index (χ2n) is 7.78. The molecule has 0 amide bonds. The highest BCUT2D eigenvalue weighted by Crippen LogP contribution is 2.41. The zero-order chi connectivity index (χ0) is 19.2. The molecule has 0 bridgehead atoms. The lowest BCUT2D eigenvalue weighted by Crippen LogP contribution is -2.38. The van der Waals surface area contributed by atoms with Gasteiger partial charge in [-0.3, -0.25) is 0 Å². The Labute approximate surface area is 158 Å². The molecule has 0 radical (unpaired) electrons. The largest absolute Gasteiger partial charge is 0.389 e. The topological polar surface area (TPSA) is 95.1 Å². The summed E-state index contributed by atoms with van der Waals surface area (Å²) in [5.74, 6) is 0.612. The van der Waals surface area contributed by atoms with Gasteiger partial charge in [-0.1, -0.05) is 12.1 Å². The molecule has 142 valence electrons. The number of hydrogen-bond acceptors (Lipinski definition) is 4. The number of nitrogens with one attached hydrogen (secondary N) is 2. The Kier molecular flexibility index (Phi) is 4.33. The van der Waals surface area contributed by atoms with E-state index >= 15 is 0 Å². The molecule has 0 unspecified atom stereocenters. The molecule has 2 heterocycles. The van der Waals surface area contributed by atoms with Crippen LogP contribution in [0.3, 0.4) is 0 Å². The standard InChI is InChI=1S/C20H23N3O3S/c1-20(2,24)12-22-27(25,26)15-7-5-13(6-8-15)16-9-10-21-19-17(16)11-18(23-19)14-3-4-14/h5-11,14,22,24H,3-4,12H2,1-2H3,(H,21,23). The lowest BCUT2D eigenvalue weighted by molar-refractivity contribution is 0.0857. The molecule has 1 saturated carbocycles. The molecule has 6 nitrogen and oxygen atoms in total. The number of fused-ring (bicyclic) bond motifs is 1. The van der Waals surface area contributed by atoms with Crippen molar-refractivity contribution in [2.24, 2.45) is 0 Å². The second kappa shape index (κ2) is 6.44. The molecule has 1 aromatic carbocycles. The molecule has 0 saturated heterocycles. The van der Waals surface area contributed by atoms with Crippen LogP contribution in [-0.4, -0.2) is 35.6 Å². The molecule has 0 spiro atoms. The third kappa shape index (κ3) is 3.90. The van der Waals surface area contributed by atoms with Crippen molar-refractivity contribution in [1.82, 2.24) is 14.7 Å². The summed E-state index contributed by atoms with van der Waals surface area (Å²) in [6, 6.07) is 10.9. The lowest BCUT2D eigenvalue weighted by Gasteiger charge is -2.17. The molecule has 1 aliphatic rings. The van der Waals surface area contributed by atoms with Crippen LogP contribution in [0.2, 0.25) is 0 Å². The summed E-state index contributed by atoms with van der Waals surface area (Å²) in [6.07, 6.45) is 4.19. The molecule has 3 N–H and O–H groups in total. The number of benzene rings is 1. The fourth-order valence-electron chi connectivity index (χ4n) is 3.08. The third-order valence-corrected chi connectivity index (χ3v) is 6.16. The minimum absolute atomic E-state index is 0.0463. The summed E-state index contributed by atoms with van der Waals surface area (Å²) < 4.78 is 27.2. The zero-order valence-electron chi connectivity index (χ0n) is 15.4. The molecular formula is C20H23N3O3S. The van der Waals surface area contributed by atoms with Crippen LogP contribution < -0.4 is 4.72 Å². The molecule has 3 aromatic rings. The van der Waals surface area contributed by atoms with Crippen molar-refractivity contribution in [3.63, 3.8) is 0 Å². The average Bonchev–Trinajstić information content (AvgIpc) is 3.38. The van der Waals surface area contributed by atoms with Gasteiger partial charge in [0.15, 0.2) is 0 Å². The maximum Gasteiger partial charge on any atom is 0.240 e. The number of aliphatic hydroxyl groups is 1. The molecule has 1 fully saturated rings. The van der Waals surface area contributed by atoms with E-state index < -0.39 is 15.6 Å². The van der Waals surface area contributed by atoms with E-state index in [4.69, 9.17) is 0 Å². The first-order valence-corrected chi connectivity index (χ1v) is 10.5. The summed E-state index contributed by atoms with van der Waals surface area (Å²) in [4.78, 5) is 7.99. The van der Waals surface area contributed by atoms with E-state index in [-0.39, 0.29) is 11.4 Å². The fourth-order valence-corrected chi connectivity index (χ4v) is 4.29. The summed E-state index contributed by atoms with van der Waals surface area (Å²) in [7, 11) is -3.66. The van der Waals surface area contributed by atoms with Crippen LogP contribution in [0.15, 0.2) is 47.5 Å². The minimum Gasteiger partial charge on any atom is -0.389 e. The maximum absolute atomic E-state index is 12.4. The normalized spacial score (nSPS) is 15.4. The van der Waals surface area contributed by atoms with Crippen molar-refractivity contribution in [3.8, 4) is 11.1 Å². The van der Waals surface area contributed by atoms with Gasteiger partial charge in [0, 0.05) is 23.8 Å². The van der Waals surface area contributed by atoms with E-state index in [2.05, 4.69) is 20.8 Å². The van der Waals surface area contributed by atoms with Crippen molar-refractivity contribution in [1.29, 1.82) is 0 Å². The van der Waals surface area contributed by atoms with E-state index in [1.165, 1.54) is 18.5 Å². The molecule has 2 aromatic heterocycles. The van der Waals surface area contributed by atoms with Crippen LogP contribution in [0.5, 0.6) is 0 Å². The molecule has 7 heteroatoms. The Morgan fingerprint density at radius 3 is 2.56 bits per heavy atom. The quantitative estimate of drug-likeness (QED) is 0.607. The number of H-pyrrole nitrogens is 1. The molecule has 0 aliphatic heterocycles. The van der Waals surface area contributed by atoms with E-state index in [0.717, 1.165) is 22.2 Å². The van der Waals surface area contributed by atoms with Crippen LogP contribution in [-0.2, 0) is 10.0 Å². The first kappa shape index (κ1) is 18.2. The molecule has 4 rings (SSSR count). The highest BCUT2D eigenvalue weighted by Gasteiger charge is 2.26. The SMILES string of the molecule is CC(C)(O)CNS(=O)(=O)c1ccc(-c2ccnc3[nH]c(C4CC4)cc23)cc1. The molecule has 27 heavy (non-hydrogen) atoms. The Hall–Kier alpha value is -2.22. The van der Waals surface area contributed by atoms with Gasteiger partial charge in [-0.05, 0) is 68.0 Å². The van der Waals surface area contributed by atoms with E-state index in [1.807, 2.05) is 6.07 Å². The number of rotatable bonds is 6. The van der Waals surface area contributed by atoms with Gasteiger partial charge in [0.2, 0.25) is 10.0 Å². The van der Waals surface area contributed by atoms with Crippen molar-refractivity contribution >= 4 is 21.1 Å². The van der Waals surface area contributed by atoms with Crippen LogP contribution in [0.4, 0.5) is 0 Å². The lowest BCUT2D eigenvalue weighted by atomic mass is 10.0. The van der Waals surface area contributed by atoms with Gasteiger partial charge in [0.25, 0.3) is 0 Å². The summed E-state index contributed by atoms with van der Waals surface area (Å²) in [5.41, 5.74) is 2.93. The van der Waals surface area contributed by atoms with Crippen LogP contribution in [0.25, 0.3) is 22.2 Å². The van der Waals surface area contributed by atoms with Gasteiger partial charge in [0.05, 0.1) is 10.5 Å². The second-order valence-corrected chi connectivity index (χ2v) is 9.55. The van der Waals surface area contributed by atoms with Crippen LogP contribution >= 0.6 is 0 Å². The number of sulfonamides is 1. The predicted octanol–water partition coefficient (Wildman–Crippen LogP) is 3.16. The van der Waals surface area contributed by atoms with Gasteiger partial charge in [0.1, 0.15) is 5.65 Å². The highest BCUT2D eigenvalue weighted by molar-refractivity contribution is 7.89. The Morgan fingerprint density at radius 1 is 1.22 bits per heavy atom. The minimum atomic E-state index is -3.66. The number of pyridine rings is 1. The Balaban J connectivity index is 1.63. The predicted molar refractivity (Wildman–Crippen MR) is 105 cm³/mol. The van der Waals surface area contributed by atoms with Crippen molar-refractivity contribution < 1.29 is 13.5 Å². The average molecular weight is 385 g/mol. The Bertz CT molecular complexity index is 1080. The summed E-state index contributed by atoms with van der Waals surface area (Å²) in [6.45, 7) is 3.06. The first-order valence-electron chi connectivity index (χ1n) is 9.03. The van der Waals surface area contributed by atoms with Gasteiger partial charge in [-0.2, -0.15) is 0 Å². The number of aromatic nitrogens is 2. The molecule has 1 aliphatic carbocycles. The fraction of sp³-hybridized carbons (Fsp3) is 0.350. The van der Waals surface area contributed by atoms with E-state index in [9.17, 15) is 13.5 Å². The summed E-state index contributed by atoms with van der Waals surface area (Å²) >= 11 is 0. The summed E-state index contributed by atoms with van der Waals surface area (Å²) in [5, 5.41) is 10.8. The van der Waals surface area contributed by atoms with Crippen molar-refractivity contribution in [2.45, 2.75) is 43.1 Å². The Morgan fingerprint density at radius 2 is 1.93 bits per heavy atom. The van der Waals surface area contributed by atoms with Crippen molar-refractivity contribution in [2.75, 3.05) is 6.54 Å². The van der Waals surface area contributed by atoms with Gasteiger partial charge >= 0.3 is 0 Å². The van der Waals surface area contributed by atoms with Crippen LogP contribution in [0.1, 0.15) is 38.3 Å². The third-order valence-electron chi connectivity index (χ3n) is 4.74. The van der Waals surface area contributed by atoms with Gasteiger partial charge in [-0.25, -0.2) is 18.1 Å².